The lowest BCUT2D eigenvalue weighted by atomic mass is 9.74. The van der Waals surface area contributed by atoms with Crippen LogP contribution in [0.2, 0.25) is 0 Å². The molecule has 0 spiro atoms. The van der Waals surface area contributed by atoms with Gasteiger partial charge in [-0.2, -0.15) is 0 Å². The predicted octanol–water partition coefficient (Wildman–Crippen LogP) is 4.04. The van der Waals surface area contributed by atoms with E-state index < -0.39 is 0 Å². The lowest BCUT2D eigenvalue weighted by Crippen LogP contribution is -2.53. The van der Waals surface area contributed by atoms with E-state index >= 15 is 0 Å². The van der Waals surface area contributed by atoms with Gasteiger partial charge >= 0.3 is 0 Å². The predicted molar refractivity (Wildman–Crippen MR) is 87.8 cm³/mol. The van der Waals surface area contributed by atoms with Gasteiger partial charge in [-0.05, 0) is 56.5 Å². The molecule has 2 heteroatoms. The van der Waals surface area contributed by atoms with E-state index in [2.05, 4.69) is 25.7 Å². The van der Waals surface area contributed by atoms with Gasteiger partial charge in [-0.15, -0.1) is 0 Å². The fourth-order valence-corrected chi connectivity index (χ4v) is 4.94. The normalized spacial score (nSPS) is 35.7. The van der Waals surface area contributed by atoms with Gasteiger partial charge in [0.25, 0.3) is 0 Å². The van der Waals surface area contributed by atoms with Crippen molar-refractivity contribution in [2.24, 2.45) is 23.5 Å². The van der Waals surface area contributed by atoms with Gasteiger partial charge in [0.15, 0.2) is 0 Å². The maximum absolute atomic E-state index is 6.08. The van der Waals surface area contributed by atoms with Gasteiger partial charge in [0.1, 0.15) is 0 Å². The molecule has 2 aliphatic carbocycles. The Hall–Kier alpha value is -0.0800. The molecule has 2 rings (SSSR count). The molecule has 2 saturated carbocycles. The lowest BCUT2D eigenvalue weighted by molar-refractivity contribution is 0.0120. The third kappa shape index (κ3) is 3.57. The molecule has 0 aromatic rings. The fourth-order valence-electron chi connectivity index (χ4n) is 4.94. The zero-order chi connectivity index (χ0) is 14.5. The lowest BCUT2D eigenvalue weighted by Gasteiger charge is -2.48. The number of rotatable bonds is 5. The average molecular weight is 280 g/mol. The molecule has 0 aliphatic heterocycles. The standard InChI is InChI=1S/C18H36N2/c1-4-20(17-11-7-5-9-15(17)13-19)18-12-8-6-10-16(18)14(2)3/h14-18H,4-13,19H2,1-3H3. The second-order valence-corrected chi connectivity index (χ2v) is 7.44. The Labute approximate surface area is 126 Å². The van der Waals surface area contributed by atoms with Crippen LogP contribution < -0.4 is 5.73 Å². The molecule has 2 fully saturated rings. The number of hydrogen-bond donors (Lipinski definition) is 1. The van der Waals surface area contributed by atoms with Crippen molar-refractivity contribution >= 4 is 0 Å². The monoisotopic (exact) mass is 280 g/mol. The van der Waals surface area contributed by atoms with Crippen LogP contribution in [0.15, 0.2) is 0 Å². The summed E-state index contributed by atoms with van der Waals surface area (Å²) in [6.45, 7) is 9.33. The smallest absolute Gasteiger partial charge is 0.0138 e. The SMILES string of the molecule is CCN(C1CCCCC1CN)C1CCCCC1C(C)C. The molecule has 2 aliphatic rings. The molecule has 4 atom stereocenters. The van der Waals surface area contributed by atoms with Gasteiger partial charge in [0.2, 0.25) is 0 Å². The first kappa shape index (κ1) is 16.3. The quantitative estimate of drug-likeness (QED) is 0.823. The van der Waals surface area contributed by atoms with E-state index in [0.29, 0.717) is 0 Å². The van der Waals surface area contributed by atoms with E-state index in [1.807, 2.05) is 0 Å². The van der Waals surface area contributed by atoms with Gasteiger partial charge in [-0.25, -0.2) is 0 Å². The largest absolute Gasteiger partial charge is 0.330 e. The summed E-state index contributed by atoms with van der Waals surface area (Å²) in [5, 5.41) is 0. The van der Waals surface area contributed by atoms with E-state index in [0.717, 1.165) is 36.4 Å². The van der Waals surface area contributed by atoms with Crippen LogP contribution in [0, 0.1) is 17.8 Å². The van der Waals surface area contributed by atoms with Crippen molar-refractivity contribution in [3.8, 4) is 0 Å². The highest BCUT2D eigenvalue weighted by molar-refractivity contribution is 4.92. The molecular weight excluding hydrogens is 244 g/mol. The Morgan fingerprint density at radius 3 is 2.15 bits per heavy atom. The van der Waals surface area contributed by atoms with Crippen molar-refractivity contribution in [2.75, 3.05) is 13.1 Å². The molecule has 0 bridgehead atoms. The summed E-state index contributed by atoms with van der Waals surface area (Å²) in [4.78, 5) is 2.88. The van der Waals surface area contributed by atoms with Crippen LogP contribution in [0.3, 0.4) is 0 Å². The van der Waals surface area contributed by atoms with Crippen LogP contribution in [0.4, 0.5) is 0 Å². The first-order chi connectivity index (χ1) is 9.69. The van der Waals surface area contributed by atoms with Crippen molar-refractivity contribution in [1.29, 1.82) is 0 Å². The van der Waals surface area contributed by atoms with Crippen molar-refractivity contribution in [1.82, 2.24) is 4.90 Å². The molecule has 0 aromatic carbocycles. The van der Waals surface area contributed by atoms with Crippen LogP contribution in [0.25, 0.3) is 0 Å². The van der Waals surface area contributed by atoms with Gasteiger partial charge < -0.3 is 5.73 Å². The molecule has 0 heterocycles. The van der Waals surface area contributed by atoms with Gasteiger partial charge in [0, 0.05) is 12.1 Å². The second-order valence-electron chi connectivity index (χ2n) is 7.44. The topological polar surface area (TPSA) is 29.3 Å². The molecule has 2 nitrogen and oxygen atoms in total. The first-order valence-corrected chi connectivity index (χ1v) is 9.14. The maximum atomic E-state index is 6.08. The minimum Gasteiger partial charge on any atom is -0.330 e. The van der Waals surface area contributed by atoms with E-state index in [4.69, 9.17) is 5.73 Å². The Morgan fingerprint density at radius 2 is 1.55 bits per heavy atom. The van der Waals surface area contributed by atoms with Gasteiger partial charge in [-0.3, -0.25) is 4.90 Å². The van der Waals surface area contributed by atoms with Crippen LogP contribution >= 0.6 is 0 Å². The molecule has 0 amide bonds. The minimum atomic E-state index is 0.749. The van der Waals surface area contributed by atoms with Crippen LogP contribution in [-0.4, -0.2) is 30.1 Å². The highest BCUT2D eigenvalue weighted by Crippen LogP contribution is 2.38. The van der Waals surface area contributed by atoms with Crippen molar-refractivity contribution in [2.45, 2.75) is 84.2 Å². The third-order valence-corrected chi connectivity index (χ3v) is 6.03. The third-order valence-electron chi connectivity index (χ3n) is 6.03. The Balaban J connectivity index is 2.11. The second kappa shape index (κ2) is 7.79. The first-order valence-electron chi connectivity index (χ1n) is 9.14. The molecule has 0 aromatic heterocycles. The summed E-state index contributed by atoms with van der Waals surface area (Å²) < 4.78 is 0. The Bertz CT molecular complexity index is 277. The highest BCUT2D eigenvalue weighted by atomic mass is 15.2. The Morgan fingerprint density at radius 1 is 0.950 bits per heavy atom. The molecule has 0 radical (unpaired) electrons. The van der Waals surface area contributed by atoms with Gasteiger partial charge in [-0.1, -0.05) is 46.5 Å². The van der Waals surface area contributed by atoms with Crippen LogP contribution in [-0.2, 0) is 0 Å². The van der Waals surface area contributed by atoms with E-state index in [-0.39, 0.29) is 0 Å². The molecular formula is C18H36N2. The number of nitrogens with zero attached hydrogens (tertiary/aromatic N) is 1. The van der Waals surface area contributed by atoms with Crippen molar-refractivity contribution in [3.63, 3.8) is 0 Å². The van der Waals surface area contributed by atoms with E-state index in [9.17, 15) is 0 Å². The average Bonchev–Trinajstić information content (AvgIpc) is 2.49. The van der Waals surface area contributed by atoms with Crippen LogP contribution in [0.5, 0.6) is 0 Å². The van der Waals surface area contributed by atoms with Crippen molar-refractivity contribution in [3.05, 3.63) is 0 Å². The number of hydrogen-bond acceptors (Lipinski definition) is 2. The maximum Gasteiger partial charge on any atom is 0.0138 e. The molecule has 20 heavy (non-hydrogen) atoms. The van der Waals surface area contributed by atoms with Gasteiger partial charge in [0.05, 0.1) is 0 Å². The molecule has 118 valence electrons. The summed E-state index contributed by atoms with van der Waals surface area (Å²) in [6, 6.07) is 1.59. The fraction of sp³-hybridized carbons (Fsp3) is 1.00. The summed E-state index contributed by atoms with van der Waals surface area (Å²) in [5.74, 6) is 2.48. The molecule has 4 unspecified atom stereocenters. The highest BCUT2D eigenvalue weighted by Gasteiger charge is 2.37. The zero-order valence-electron chi connectivity index (χ0n) is 14.0. The Kier molecular flexibility index (Phi) is 6.35. The van der Waals surface area contributed by atoms with Crippen molar-refractivity contribution < 1.29 is 0 Å². The summed E-state index contributed by atoms with van der Waals surface area (Å²) >= 11 is 0. The number of nitrogens with two attached hydrogens (primary N) is 1. The van der Waals surface area contributed by atoms with Crippen LogP contribution in [0.1, 0.15) is 72.1 Å². The molecule has 0 saturated heterocycles. The van der Waals surface area contributed by atoms with E-state index in [1.165, 1.54) is 57.9 Å². The minimum absolute atomic E-state index is 0.749. The summed E-state index contributed by atoms with van der Waals surface area (Å²) in [7, 11) is 0. The summed E-state index contributed by atoms with van der Waals surface area (Å²) in [6.07, 6.45) is 11.3. The van der Waals surface area contributed by atoms with E-state index in [1.54, 1.807) is 0 Å². The molecule has 2 N–H and O–H groups in total. The summed E-state index contributed by atoms with van der Waals surface area (Å²) in [5.41, 5.74) is 6.08. The zero-order valence-corrected chi connectivity index (χ0v) is 14.0.